The Labute approximate surface area is 155 Å². The highest BCUT2D eigenvalue weighted by Crippen LogP contribution is 2.18. The molecule has 2 aromatic rings. The molecule has 5 heteroatoms. The monoisotopic (exact) mass is 359 g/mol. The lowest BCUT2D eigenvalue weighted by molar-refractivity contribution is -0.120. The van der Waals surface area contributed by atoms with Gasteiger partial charge in [0.25, 0.3) is 0 Å². The Morgan fingerprint density at radius 3 is 2.72 bits per heavy atom. The number of pyridine rings is 1. The number of carbonyl (C=O) groups is 1. The van der Waals surface area contributed by atoms with E-state index < -0.39 is 0 Å². The van der Waals surface area contributed by atoms with Crippen LogP contribution in [0.3, 0.4) is 0 Å². The fourth-order valence-corrected chi connectivity index (χ4v) is 3.23. The number of aryl methyl sites for hydroxylation is 2. The van der Waals surface area contributed by atoms with Crippen LogP contribution in [0.5, 0.6) is 0 Å². The molecule has 0 bridgehead atoms. The van der Waals surface area contributed by atoms with E-state index in [0.717, 1.165) is 32.2 Å². The van der Waals surface area contributed by atoms with E-state index in [1.807, 2.05) is 18.2 Å². The summed E-state index contributed by atoms with van der Waals surface area (Å²) in [6.07, 6.45) is 5.49. The number of anilines is 1. The molecular formula is C20H26ClN3O. The summed E-state index contributed by atoms with van der Waals surface area (Å²) in [6, 6.07) is 14.9. The molecule has 1 saturated heterocycles. The minimum absolute atomic E-state index is 0. The van der Waals surface area contributed by atoms with Gasteiger partial charge in [-0.25, -0.2) is 4.98 Å². The molecule has 1 aliphatic rings. The number of benzene rings is 1. The van der Waals surface area contributed by atoms with Crippen LogP contribution in [0.15, 0.2) is 48.7 Å². The van der Waals surface area contributed by atoms with E-state index >= 15 is 0 Å². The minimum Gasteiger partial charge on any atom is -0.314 e. The zero-order valence-corrected chi connectivity index (χ0v) is 15.4. The predicted octanol–water partition coefficient (Wildman–Crippen LogP) is 3.62. The van der Waals surface area contributed by atoms with Crippen molar-refractivity contribution in [3.63, 3.8) is 0 Å². The molecule has 2 heterocycles. The third kappa shape index (κ3) is 5.83. The molecule has 1 amide bonds. The summed E-state index contributed by atoms with van der Waals surface area (Å²) in [5.74, 6) is 0.837. The van der Waals surface area contributed by atoms with Gasteiger partial charge >= 0.3 is 0 Å². The van der Waals surface area contributed by atoms with Gasteiger partial charge in [-0.3, -0.25) is 4.79 Å². The molecule has 25 heavy (non-hydrogen) atoms. The second-order valence-electron chi connectivity index (χ2n) is 6.60. The standard InChI is InChI=1S/C20H25N3O.ClH/c1-15-13-18(10-12-21-15)20(24)23-19-14-17(9-11-22-19)8-7-16-5-3-2-4-6-16;/h2-6,9,11,14-15,18,21H,7-8,10,12-13H2,1H3,(H,22,23,24);1H/t15-,18-;/m0./s1. The van der Waals surface area contributed by atoms with E-state index in [1.54, 1.807) is 6.20 Å². The Morgan fingerprint density at radius 1 is 1.20 bits per heavy atom. The molecule has 134 valence electrons. The van der Waals surface area contributed by atoms with Gasteiger partial charge in [0.05, 0.1) is 0 Å². The normalized spacial score (nSPS) is 19.7. The highest BCUT2D eigenvalue weighted by molar-refractivity contribution is 5.91. The number of nitrogens with one attached hydrogen (secondary N) is 2. The van der Waals surface area contributed by atoms with Crippen molar-refractivity contribution in [3.05, 3.63) is 59.8 Å². The van der Waals surface area contributed by atoms with Gasteiger partial charge in [-0.05, 0) is 62.4 Å². The number of rotatable bonds is 5. The second-order valence-corrected chi connectivity index (χ2v) is 6.60. The number of hydrogen-bond acceptors (Lipinski definition) is 3. The smallest absolute Gasteiger partial charge is 0.228 e. The van der Waals surface area contributed by atoms with Crippen LogP contribution < -0.4 is 10.6 Å². The fourth-order valence-electron chi connectivity index (χ4n) is 3.23. The van der Waals surface area contributed by atoms with E-state index in [4.69, 9.17) is 0 Å². The molecule has 0 radical (unpaired) electrons. The molecule has 0 unspecified atom stereocenters. The van der Waals surface area contributed by atoms with Crippen LogP contribution in [0, 0.1) is 5.92 Å². The maximum Gasteiger partial charge on any atom is 0.228 e. The van der Waals surface area contributed by atoms with Gasteiger partial charge in [-0.1, -0.05) is 30.3 Å². The Balaban J connectivity index is 0.00000225. The van der Waals surface area contributed by atoms with Gasteiger partial charge < -0.3 is 10.6 Å². The van der Waals surface area contributed by atoms with Crippen molar-refractivity contribution in [1.82, 2.24) is 10.3 Å². The molecule has 1 aromatic heterocycles. The number of halogens is 1. The largest absolute Gasteiger partial charge is 0.314 e. The molecule has 1 fully saturated rings. The van der Waals surface area contributed by atoms with Gasteiger partial charge in [0.1, 0.15) is 5.82 Å². The molecule has 1 aliphatic heterocycles. The Morgan fingerprint density at radius 2 is 1.96 bits per heavy atom. The van der Waals surface area contributed by atoms with Crippen LogP contribution >= 0.6 is 12.4 Å². The molecular weight excluding hydrogens is 334 g/mol. The summed E-state index contributed by atoms with van der Waals surface area (Å²) in [7, 11) is 0. The zero-order chi connectivity index (χ0) is 16.8. The average molecular weight is 360 g/mol. The molecule has 4 nitrogen and oxygen atoms in total. The molecule has 0 spiro atoms. The van der Waals surface area contributed by atoms with Gasteiger partial charge in [-0.15, -0.1) is 12.4 Å². The van der Waals surface area contributed by atoms with Crippen LogP contribution in [-0.2, 0) is 17.6 Å². The van der Waals surface area contributed by atoms with E-state index in [9.17, 15) is 4.79 Å². The zero-order valence-electron chi connectivity index (χ0n) is 14.6. The van der Waals surface area contributed by atoms with Crippen molar-refractivity contribution in [2.75, 3.05) is 11.9 Å². The molecule has 0 aliphatic carbocycles. The van der Waals surface area contributed by atoms with E-state index in [1.165, 1.54) is 11.1 Å². The summed E-state index contributed by atoms with van der Waals surface area (Å²) >= 11 is 0. The first kappa shape index (κ1) is 19.4. The number of carbonyl (C=O) groups excluding carboxylic acids is 1. The number of nitrogens with zero attached hydrogens (tertiary/aromatic N) is 1. The lowest BCUT2D eigenvalue weighted by atomic mass is 9.92. The third-order valence-corrected chi connectivity index (χ3v) is 4.62. The van der Waals surface area contributed by atoms with Crippen molar-refractivity contribution in [2.45, 2.75) is 38.6 Å². The summed E-state index contributed by atoms with van der Waals surface area (Å²) in [4.78, 5) is 16.7. The molecule has 1 aromatic carbocycles. The maximum atomic E-state index is 12.4. The highest BCUT2D eigenvalue weighted by atomic mass is 35.5. The van der Waals surface area contributed by atoms with Crippen LogP contribution in [0.25, 0.3) is 0 Å². The molecule has 0 saturated carbocycles. The van der Waals surface area contributed by atoms with Gasteiger partial charge in [0, 0.05) is 18.2 Å². The van der Waals surface area contributed by atoms with Crippen molar-refractivity contribution in [2.24, 2.45) is 5.92 Å². The van der Waals surface area contributed by atoms with E-state index in [-0.39, 0.29) is 24.2 Å². The number of amides is 1. The molecule has 2 atom stereocenters. The third-order valence-electron chi connectivity index (χ3n) is 4.62. The first-order chi connectivity index (χ1) is 11.7. The summed E-state index contributed by atoms with van der Waals surface area (Å²) in [5.41, 5.74) is 2.52. The van der Waals surface area contributed by atoms with E-state index in [0.29, 0.717) is 11.9 Å². The highest BCUT2D eigenvalue weighted by Gasteiger charge is 2.24. The Bertz CT molecular complexity index is 678. The summed E-state index contributed by atoms with van der Waals surface area (Å²) in [5, 5.41) is 6.37. The molecule has 2 N–H and O–H groups in total. The second kappa shape index (κ2) is 9.54. The van der Waals surface area contributed by atoms with Gasteiger partial charge in [-0.2, -0.15) is 0 Å². The van der Waals surface area contributed by atoms with E-state index in [2.05, 4.69) is 46.8 Å². The SMILES string of the molecule is C[C@H]1C[C@@H](C(=O)Nc2cc(CCc3ccccc3)ccn2)CCN1.Cl. The number of aromatic nitrogens is 1. The quantitative estimate of drug-likeness (QED) is 0.857. The summed E-state index contributed by atoms with van der Waals surface area (Å²) in [6.45, 7) is 3.03. The maximum absolute atomic E-state index is 12.4. The van der Waals surface area contributed by atoms with Crippen LogP contribution in [0.4, 0.5) is 5.82 Å². The Kier molecular flexibility index (Phi) is 7.41. The van der Waals surface area contributed by atoms with Gasteiger partial charge in [0.15, 0.2) is 0 Å². The van der Waals surface area contributed by atoms with Crippen molar-refractivity contribution >= 4 is 24.1 Å². The van der Waals surface area contributed by atoms with Crippen LogP contribution in [0.1, 0.15) is 30.9 Å². The lowest BCUT2D eigenvalue weighted by Crippen LogP contribution is -2.40. The first-order valence-corrected chi connectivity index (χ1v) is 8.74. The van der Waals surface area contributed by atoms with Gasteiger partial charge in [0.2, 0.25) is 5.91 Å². The van der Waals surface area contributed by atoms with Crippen LogP contribution in [0.2, 0.25) is 0 Å². The van der Waals surface area contributed by atoms with Crippen LogP contribution in [-0.4, -0.2) is 23.5 Å². The van der Waals surface area contributed by atoms with Crippen molar-refractivity contribution in [1.29, 1.82) is 0 Å². The number of hydrogen-bond donors (Lipinski definition) is 2. The topological polar surface area (TPSA) is 54.0 Å². The Hall–Kier alpha value is -1.91. The first-order valence-electron chi connectivity index (χ1n) is 8.74. The average Bonchev–Trinajstić information content (AvgIpc) is 2.61. The minimum atomic E-state index is 0. The summed E-state index contributed by atoms with van der Waals surface area (Å²) < 4.78 is 0. The predicted molar refractivity (Wildman–Crippen MR) is 104 cm³/mol. The molecule has 3 rings (SSSR count). The number of piperidine rings is 1. The van der Waals surface area contributed by atoms with Crippen molar-refractivity contribution in [3.8, 4) is 0 Å². The lowest BCUT2D eigenvalue weighted by Gasteiger charge is -2.26. The van der Waals surface area contributed by atoms with Crippen molar-refractivity contribution < 1.29 is 4.79 Å². The fraction of sp³-hybridized carbons (Fsp3) is 0.400.